The summed E-state index contributed by atoms with van der Waals surface area (Å²) in [6.45, 7) is 1.86. The maximum atomic E-state index is 14.2. The Kier molecular flexibility index (Phi) is 2.90. The summed E-state index contributed by atoms with van der Waals surface area (Å²) in [5.41, 5.74) is 0.0715. The molecule has 0 spiro atoms. The number of halogens is 2. The number of benzene rings is 2. The van der Waals surface area contributed by atoms with E-state index in [1.54, 1.807) is 24.3 Å². The first-order chi connectivity index (χ1) is 9.11. The second kappa shape index (κ2) is 4.46. The Labute approximate surface area is 117 Å². The first kappa shape index (κ1) is 12.4. The molecule has 0 saturated heterocycles. The number of fused-ring (bicyclic) bond motifs is 3. The SMILES string of the molecule is CCc1ccc2c(oc(=O)c3cc(Br)ccc32)c1F. The molecule has 96 valence electrons. The number of rotatable bonds is 1. The largest absolute Gasteiger partial charge is 0.419 e. The summed E-state index contributed by atoms with van der Waals surface area (Å²) in [7, 11) is 0. The number of aryl methyl sites for hydroxylation is 1. The average molecular weight is 321 g/mol. The van der Waals surface area contributed by atoms with E-state index >= 15 is 0 Å². The summed E-state index contributed by atoms with van der Waals surface area (Å²) in [4.78, 5) is 11.9. The van der Waals surface area contributed by atoms with Gasteiger partial charge in [-0.05, 0) is 24.1 Å². The van der Waals surface area contributed by atoms with Gasteiger partial charge >= 0.3 is 5.63 Å². The Balaban J connectivity index is 2.56. The molecule has 1 aromatic heterocycles. The molecule has 0 atom stereocenters. The molecule has 2 nitrogen and oxygen atoms in total. The van der Waals surface area contributed by atoms with E-state index in [-0.39, 0.29) is 5.58 Å². The van der Waals surface area contributed by atoms with E-state index in [1.165, 1.54) is 0 Å². The number of hydrogen-bond donors (Lipinski definition) is 0. The second-order valence-electron chi connectivity index (χ2n) is 4.35. The average Bonchev–Trinajstić information content (AvgIpc) is 2.40. The predicted octanol–water partition coefficient (Wildman–Crippen LogP) is 4.41. The zero-order chi connectivity index (χ0) is 13.6. The fourth-order valence-corrected chi connectivity index (χ4v) is 2.61. The lowest BCUT2D eigenvalue weighted by Gasteiger charge is -2.06. The molecule has 19 heavy (non-hydrogen) atoms. The standard InChI is InChI=1S/C15H10BrFO2/c1-2-8-3-5-11-10-6-4-9(16)7-12(10)15(18)19-14(11)13(8)17/h3-7H,2H2,1H3. The van der Waals surface area contributed by atoms with Crippen LogP contribution in [0, 0.1) is 5.82 Å². The fraction of sp³-hybridized carbons (Fsp3) is 0.133. The van der Waals surface area contributed by atoms with Crippen LogP contribution in [0.4, 0.5) is 4.39 Å². The molecule has 0 saturated carbocycles. The van der Waals surface area contributed by atoms with Crippen molar-refractivity contribution in [3.63, 3.8) is 0 Å². The van der Waals surface area contributed by atoms with Gasteiger partial charge in [-0.15, -0.1) is 0 Å². The lowest BCUT2D eigenvalue weighted by atomic mass is 10.0. The van der Waals surface area contributed by atoms with Gasteiger partial charge in [0.2, 0.25) is 0 Å². The summed E-state index contributed by atoms with van der Waals surface area (Å²) in [5.74, 6) is -0.443. The van der Waals surface area contributed by atoms with Gasteiger partial charge in [0.1, 0.15) is 0 Å². The van der Waals surface area contributed by atoms with E-state index in [0.29, 0.717) is 28.1 Å². The molecule has 2 aromatic carbocycles. The lowest BCUT2D eigenvalue weighted by molar-refractivity contribution is 0.525. The molecule has 0 bridgehead atoms. The normalized spacial score (nSPS) is 11.3. The Morgan fingerprint density at radius 2 is 1.89 bits per heavy atom. The molecule has 0 aliphatic carbocycles. The molecule has 0 unspecified atom stereocenters. The maximum Gasteiger partial charge on any atom is 0.344 e. The van der Waals surface area contributed by atoms with Crippen molar-refractivity contribution in [1.82, 2.24) is 0 Å². The molecule has 0 aliphatic heterocycles. The van der Waals surface area contributed by atoms with Crippen LogP contribution in [0.15, 0.2) is 44.0 Å². The third kappa shape index (κ3) is 1.87. The van der Waals surface area contributed by atoms with Gasteiger partial charge in [-0.2, -0.15) is 0 Å². The predicted molar refractivity (Wildman–Crippen MR) is 77.0 cm³/mol. The molecule has 4 heteroatoms. The highest BCUT2D eigenvalue weighted by atomic mass is 79.9. The van der Waals surface area contributed by atoms with Crippen LogP contribution in [0.3, 0.4) is 0 Å². The van der Waals surface area contributed by atoms with E-state index in [0.717, 1.165) is 4.47 Å². The Morgan fingerprint density at radius 1 is 1.16 bits per heavy atom. The van der Waals surface area contributed by atoms with Crippen molar-refractivity contribution in [3.05, 3.63) is 56.6 Å². The van der Waals surface area contributed by atoms with Gasteiger partial charge < -0.3 is 4.42 Å². The van der Waals surface area contributed by atoms with Crippen molar-refractivity contribution in [1.29, 1.82) is 0 Å². The molecule has 3 aromatic rings. The van der Waals surface area contributed by atoms with Crippen molar-refractivity contribution in [2.75, 3.05) is 0 Å². The van der Waals surface area contributed by atoms with Crippen LogP contribution in [-0.4, -0.2) is 0 Å². The Bertz CT molecular complexity index is 852. The first-order valence-electron chi connectivity index (χ1n) is 5.95. The highest BCUT2D eigenvalue weighted by Crippen LogP contribution is 2.28. The third-order valence-electron chi connectivity index (χ3n) is 3.24. The van der Waals surface area contributed by atoms with Gasteiger partial charge in [0.25, 0.3) is 0 Å². The zero-order valence-electron chi connectivity index (χ0n) is 10.2. The minimum atomic E-state index is -0.518. The first-order valence-corrected chi connectivity index (χ1v) is 6.74. The van der Waals surface area contributed by atoms with Crippen molar-refractivity contribution in [2.24, 2.45) is 0 Å². The molecule has 0 aliphatic rings. The smallest absolute Gasteiger partial charge is 0.344 e. The molecular formula is C15H10BrFO2. The highest BCUT2D eigenvalue weighted by molar-refractivity contribution is 9.10. The monoisotopic (exact) mass is 320 g/mol. The lowest BCUT2D eigenvalue weighted by Crippen LogP contribution is -2.02. The van der Waals surface area contributed by atoms with Crippen LogP contribution in [-0.2, 0) is 6.42 Å². The molecule has 0 N–H and O–H groups in total. The van der Waals surface area contributed by atoms with E-state index in [9.17, 15) is 9.18 Å². The molecule has 0 amide bonds. The maximum absolute atomic E-state index is 14.2. The molecule has 1 heterocycles. The quantitative estimate of drug-likeness (QED) is 0.491. The summed E-state index contributed by atoms with van der Waals surface area (Å²) >= 11 is 3.31. The van der Waals surface area contributed by atoms with Gasteiger partial charge in [-0.25, -0.2) is 9.18 Å². The van der Waals surface area contributed by atoms with Crippen LogP contribution < -0.4 is 5.63 Å². The molecular weight excluding hydrogens is 311 g/mol. The van der Waals surface area contributed by atoms with E-state index in [1.807, 2.05) is 13.0 Å². The summed E-state index contributed by atoms with van der Waals surface area (Å²) in [5, 5.41) is 1.78. The van der Waals surface area contributed by atoms with Gasteiger partial charge in [0.15, 0.2) is 11.4 Å². The molecule has 0 fully saturated rings. The minimum Gasteiger partial charge on any atom is -0.419 e. The van der Waals surface area contributed by atoms with Crippen LogP contribution in [0.1, 0.15) is 12.5 Å². The van der Waals surface area contributed by atoms with Crippen LogP contribution in [0.5, 0.6) is 0 Å². The van der Waals surface area contributed by atoms with Crippen LogP contribution >= 0.6 is 15.9 Å². The summed E-state index contributed by atoms with van der Waals surface area (Å²) in [6.07, 6.45) is 0.559. The third-order valence-corrected chi connectivity index (χ3v) is 3.74. The van der Waals surface area contributed by atoms with Crippen molar-refractivity contribution in [2.45, 2.75) is 13.3 Å². The van der Waals surface area contributed by atoms with Gasteiger partial charge in [-0.1, -0.05) is 41.1 Å². The van der Waals surface area contributed by atoms with Gasteiger partial charge in [0, 0.05) is 15.2 Å². The topological polar surface area (TPSA) is 30.2 Å². The van der Waals surface area contributed by atoms with Crippen molar-refractivity contribution in [3.8, 4) is 0 Å². The van der Waals surface area contributed by atoms with Crippen molar-refractivity contribution >= 4 is 37.7 Å². The summed E-state index contributed by atoms with van der Waals surface area (Å²) in [6, 6.07) is 8.85. The second-order valence-corrected chi connectivity index (χ2v) is 5.26. The molecule has 3 rings (SSSR count). The minimum absolute atomic E-state index is 0.0409. The van der Waals surface area contributed by atoms with E-state index < -0.39 is 11.4 Å². The summed E-state index contributed by atoms with van der Waals surface area (Å²) < 4.78 is 20.2. The van der Waals surface area contributed by atoms with Gasteiger partial charge in [0.05, 0.1) is 5.39 Å². The number of hydrogen-bond acceptors (Lipinski definition) is 2. The van der Waals surface area contributed by atoms with Crippen LogP contribution in [0.2, 0.25) is 0 Å². The zero-order valence-corrected chi connectivity index (χ0v) is 11.8. The highest BCUT2D eigenvalue weighted by Gasteiger charge is 2.13. The van der Waals surface area contributed by atoms with E-state index in [4.69, 9.17) is 4.42 Å². The molecule has 0 radical (unpaired) electrons. The van der Waals surface area contributed by atoms with Crippen LogP contribution in [0.25, 0.3) is 21.7 Å². The van der Waals surface area contributed by atoms with Crippen molar-refractivity contribution < 1.29 is 8.81 Å². The Morgan fingerprint density at radius 3 is 2.63 bits per heavy atom. The Hall–Kier alpha value is -1.68. The van der Waals surface area contributed by atoms with E-state index in [2.05, 4.69) is 15.9 Å². The fourth-order valence-electron chi connectivity index (χ4n) is 2.25. The van der Waals surface area contributed by atoms with Gasteiger partial charge in [-0.3, -0.25) is 0 Å².